The summed E-state index contributed by atoms with van der Waals surface area (Å²) in [6.07, 6.45) is 6.64. The van der Waals surface area contributed by atoms with Gasteiger partial charge in [-0.25, -0.2) is 15.0 Å². The smallest absolute Gasteiger partial charge is 0.178 e. The predicted octanol–water partition coefficient (Wildman–Crippen LogP) is 4.82. The number of nitrogens with zero attached hydrogens (tertiary/aromatic N) is 3. The van der Waals surface area contributed by atoms with Crippen molar-refractivity contribution in [2.45, 2.75) is 13.8 Å². The van der Waals surface area contributed by atoms with Gasteiger partial charge in [-0.2, -0.15) is 0 Å². The molecule has 0 radical (unpaired) electrons. The minimum atomic E-state index is 0.502. The van der Waals surface area contributed by atoms with Gasteiger partial charge in [-0.05, 0) is 54.3 Å². The molecule has 6 heteroatoms. The number of benzene rings is 1. The van der Waals surface area contributed by atoms with E-state index in [-0.39, 0.29) is 0 Å². The van der Waals surface area contributed by atoms with E-state index in [1.54, 1.807) is 12.3 Å². The largest absolute Gasteiger partial charge is 0.390 e. The van der Waals surface area contributed by atoms with Gasteiger partial charge in [-0.1, -0.05) is 37.4 Å². The molecular weight excluding hydrogens is 360 g/mol. The SMILES string of the molecule is C=Cc1c[nH]c(C(N=CN)=Nc2cc(C(=C)Nc3ccccn3)ccc2C)c1C. The Morgan fingerprint density at radius 2 is 2.07 bits per heavy atom. The predicted molar refractivity (Wildman–Crippen MR) is 123 cm³/mol. The first-order valence-electron chi connectivity index (χ1n) is 9.15. The summed E-state index contributed by atoms with van der Waals surface area (Å²) >= 11 is 0. The Balaban J connectivity index is 1.98. The molecule has 0 bridgehead atoms. The second-order valence-electron chi connectivity index (χ2n) is 6.48. The zero-order valence-electron chi connectivity index (χ0n) is 16.6. The van der Waals surface area contributed by atoms with Crippen LogP contribution in [0.2, 0.25) is 0 Å². The third kappa shape index (κ3) is 4.50. The van der Waals surface area contributed by atoms with Gasteiger partial charge in [0.05, 0.1) is 17.7 Å². The number of aromatic amines is 1. The maximum atomic E-state index is 5.57. The van der Waals surface area contributed by atoms with Gasteiger partial charge in [0, 0.05) is 18.1 Å². The standard InChI is InChI=1S/C23H24N6/c1-5-18-13-26-22(16(18)3)23(27-14-24)29-20-12-19(10-9-15(20)2)17(4)28-21-8-6-7-11-25-21/h5-14,26H,1,4H2,2-3H3,(H,25,28)(H2,24,27,29). The summed E-state index contributed by atoms with van der Waals surface area (Å²) in [5.41, 5.74) is 11.8. The Labute approximate surface area is 170 Å². The number of rotatable bonds is 6. The molecule has 4 N–H and O–H groups in total. The van der Waals surface area contributed by atoms with Crippen LogP contribution < -0.4 is 11.1 Å². The second-order valence-corrected chi connectivity index (χ2v) is 6.48. The van der Waals surface area contributed by atoms with E-state index >= 15 is 0 Å². The van der Waals surface area contributed by atoms with Crippen molar-refractivity contribution >= 4 is 35.5 Å². The lowest BCUT2D eigenvalue weighted by Gasteiger charge is -2.11. The molecule has 0 aliphatic rings. The van der Waals surface area contributed by atoms with Gasteiger partial charge in [0.15, 0.2) is 5.84 Å². The molecule has 0 amide bonds. The molecule has 0 unspecified atom stereocenters. The molecule has 0 spiro atoms. The highest BCUT2D eigenvalue weighted by molar-refractivity contribution is 6.04. The number of aliphatic imine (C=N–C) groups is 2. The average molecular weight is 384 g/mol. The van der Waals surface area contributed by atoms with Gasteiger partial charge in [0.1, 0.15) is 5.82 Å². The van der Waals surface area contributed by atoms with Crippen molar-refractivity contribution in [3.63, 3.8) is 0 Å². The van der Waals surface area contributed by atoms with E-state index in [0.29, 0.717) is 5.84 Å². The van der Waals surface area contributed by atoms with Crippen molar-refractivity contribution in [1.29, 1.82) is 0 Å². The Morgan fingerprint density at radius 1 is 1.24 bits per heavy atom. The first-order chi connectivity index (χ1) is 14.0. The highest BCUT2D eigenvalue weighted by Crippen LogP contribution is 2.26. The lowest BCUT2D eigenvalue weighted by atomic mass is 10.1. The van der Waals surface area contributed by atoms with Crippen LogP contribution in [0.4, 0.5) is 11.5 Å². The van der Waals surface area contributed by atoms with Crippen LogP contribution in [0.1, 0.15) is 27.9 Å². The number of anilines is 1. The molecule has 0 aliphatic carbocycles. The number of aryl methyl sites for hydroxylation is 1. The summed E-state index contributed by atoms with van der Waals surface area (Å²) in [7, 11) is 0. The van der Waals surface area contributed by atoms with Crippen LogP contribution >= 0.6 is 0 Å². The number of hydrogen-bond acceptors (Lipinski definition) is 3. The van der Waals surface area contributed by atoms with Gasteiger partial charge >= 0.3 is 0 Å². The fourth-order valence-corrected chi connectivity index (χ4v) is 2.87. The number of H-pyrrole nitrogens is 1. The van der Waals surface area contributed by atoms with Gasteiger partial charge < -0.3 is 16.0 Å². The van der Waals surface area contributed by atoms with Crippen molar-refractivity contribution in [2.75, 3.05) is 5.32 Å². The fraction of sp³-hybridized carbons (Fsp3) is 0.0870. The van der Waals surface area contributed by atoms with Crippen molar-refractivity contribution in [1.82, 2.24) is 9.97 Å². The van der Waals surface area contributed by atoms with E-state index in [9.17, 15) is 0 Å². The number of amidine groups is 1. The third-order valence-electron chi connectivity index (χ3n) is 4.55. The number of aromatic nitrogens is 2. The van der Waals surface area contributed by atoms with Crippen molar-refractivity contribution in [3.05, 3.63) is 89.9 Å². The van der Waals surface area contributed by atoms with Gasteiger partial charge in [-0.15, -0.1) is 0 Å². The normalized spacial score (nSPS) is 11.6. The molecule has 2 aromatic heterocycles. The van der Waals surface area contributed by atoms with E-state index in [1.807, 2.05) is 56.4 Å². The molecule has 29 heavy (non-hydrogen) atoms. The summed E-state index contributed by atoms with van der Waals surface area (Å²) in [6.45, 7) is 11.9. The van der Waals surface area contributed by atoms with E-state index in [0.717, 1.165) is 45.2 Å². The zero-order valence-corrected chi connectivity index (χ0v) is 16.6. The average Bonchev–Trinajstić information content (AvgIpc) is 3.10. The number of hydrogen-bond donors (Lipinski definition) is 3. The molecule has 3 rings (SSSR count). The summed E-state index contributed by atoms with van der Waals surface area (Å²) in [4.78, 5) is 16.5. The van der Waals surface area contributed by atoms with Crippen LogP contribution in [-0.2, 0) is 0 Å². The Morgan fingerprint density at radius 3 is 2.72 bits per heavy atom. The molecule has 2 heterocycles. The maximum Gasteiger partial charge on any atom is 0.178 e. The van der Waals surface area contributed by atoms with Crippen LogP contribution in [0.5, 0.6) is 0 Å². The van der Waals surface area contributed by atoms with Crippen molar-refractivity contribution in [2.24, 2.45) is 15.7 Å². The Hall–Kier alpha value is -3.93. The summed E-state index contributed by atoms with van der Waals surface area (Å²) in [6, 6.07) is 11.6. The minimum Gasteiger partial charge on any atom is -0.390 e. The van der Waals surface area contributed by atoms with E-state index in [2.05, 4.69) is 33.4 Å². The fourth-order valence-electron chi connectivity index (χ4n) is 2.87. The van der Waals surface area contributed by atoms with Crippen LogP contribution in [0.25, 0.3) is 11.8 Å². The molecule has 146 valence electrons. The number of pyridine rings is 1. The molecule has 0 fully saturated rings. The Bertz CT molecular complexity index is 1090. The maximum absolute atomic E-state index is 5.57. The van der Waals surface area contributed by atoms with E-state index in [4.69, 9.17) is 10.7 Å². The lowest BCUT2D eigenvalue weighted by Crippen LogP contribution is -2.04. The number of nitrogens with one attached hydrogen (secondary N) is 2. The Kier molecular flexibility index (Phi) is 6.04. The molecular formula is C23H24N6. The van der Waals surface area contributed by atoms with Crippen molar-refractivity contribution in [3.8, 4) is 0 Å². The third-order valence-corrected chi connectivity index (χ3v) is 4.55. The zero-order chi connectivity index (χ0) is 20.8. The van der Waals surface area contributed by atoms with Crippen LogP contribution in [0.3, 0.4) is 0 Å². The number of nitrogens with two attached hydrogens (primary N) is 1. The van der Waals surface area contributed by atoms with Crippen LogP contribution in [-0.4, -0.2) is 22.1 Å². The summed E-state index contributed by atoms with van der Waals surface area (Å²) in [5.74, 6) is 1.23. The van der Waals surface area contributed by atoms with Crippen molar-refractivity contribution < 1.29 is 0 Å². The first kappa shape index (κ1) is 19.8. The highest BCUT2D eigenvalue weighted by atomic mass is 15.0. The highest BCUT2D eigenvalue weighted by Gasteiger charge is 2.12. The monoisotopic (exact) mass is 384 g/mol. The molecule has 0 saturated heterocycles. The van der Waals surface area contributed by atoms with Gasteiger partial charge in [0.25, 0.3) is 0 Å². The van der Waals surface area contributed by atoms with E-state index in [1.165, 1.54) is 6.34 Å². The summed E-state index contributed by atoms with van der Waals surface area (Å²) < 4.78 is 0. The molecule has 1 aromatic carbocycles. The topological polar surface area (TPSA) is 91.5 Å². The minimum absolute atomic E-state index is 0.502. The van der Waals surface area contributed by atoms with E-state index < -0.39 is 0 Å². The molecule has 0 atom stereocenters. The molecule has 0 saturated carbocycles. The van der Waals surface area contributed by atoms with Gasteiger partial charge in [-0.3, -0.25) is 0 Å². The second kappa shape index (κ2) is 8.84. The molecule has 6 nitrogen and oxygen atoms in total. The van der Waals surface area contributed by atoms with Gasteiger partial charge in [0.2, 0.25) is 0 Å². The first-order valence-corrected chi connectivity index (χ1v) is 9.15. The van der Waals surface area contributed by atoms with Crippen LogP contribution in [0.15, 0.2) is 71.9 Å². The van der Waals surface area contributed by atoms with Crippen LogP contribution in [0, 0.1) is 13.8 Å². The quantitative estimate of drug-likeness (QED) is 0.420. The molecule has 3 aromatic rings. The summed E-state index contributed by atoms with van der Waals surface area (Å²) in [5, 5.41) is 3.21. The molecule has 0 aliphatic heterocycles. The lowest BCUT2D eigenvalue weighted by molar-refractivity contribution is 1.29.